The average Bonchev–Trinajstić information content (AvgIpc) is 2.60. The molecule has 3 rings (SSSR count). The molecule has 2 aromatic rings. The molecule has 0 N–H and O–H groups in total. The first-order valence-corrected chi connectivity index (χ1v) is 9.61. The maximum absolute atomic E-state index is 12.6. The summed E-state index contributed by atoms with van der Waals surface area (Å²) in [5.41, 5.74) is 1.10. The third kappa shape index (κ3) is 4.26. The van der Waals surface area contributed by atoms with Crippen LogP contribution in [-0.4, -0.2) is 37.7 Å². The van der Waals surface area contributed by atoms with Gasteiger partial charge in [0.25, 0.3) is 10.2 Å². The zero-order valence-corrected chi connectivity index (χ0v) is 15.6. The first-order chi connectivity index (χ1) is 12.6. The topological polar surface area (TPSA) is 49.9 Å². The van der Waals surface area contributed by atoms with Gasteiger partial charge in [-0.2, -0.15) is 30.2 Å². The van der Waals surface area contributed by atoms with Gasteiger partial charge in [-0.3, -0.25) is 0 Å². The molecular weight excluding hydrogens is 381 g/mol. The largest absolute Gasteiger partial charge is 0.457 e. The molecule has 0 atom stereocenters. The van der Waals surface area contributed by atoms with Crippen molar-refractivity contribution < 1.29 is 26.3 Å². The highest BCUT2D eigenvalue weighted by atomic mass is 32.2. The summed E-state index contributed by atoms with van der Waals surface area (Å²) in [7, 11) is -0.552. The van der Waals surface area contributed by atoms with E-state index >= 15 is 0 Å². The minimum absolute atomic E-state index is 0.222. The zero-order valence-electron chi connectivity index (χ0n) is 14.8. The van der Waals surface area contributed by atoms with Crippen LogP contribution in [0.15, 0.2) is 42.5 Å². The van der Waals surface area contributed by atoms with Crippen molar-refractivity contribution in [1.29, 1.82) is 0 Å². The lowest BCUT2D eigenvalue weighted by molar-refractivity contribution is -0.137. The van der Waals surface area contributed by atoms with Gasteiger partial charge in [0.05, 0.1) is 5.56 Å². The van der Waals surface area contributed by atoms with Crippen LogP contribution < -0.4 is 4.74 Å². The van der Waals surface area contributed by atoms with Crippen LogP contribution in [0.2, 0.25) is 0 Å². The fraction of sp³-hybridized carbons (Fsp3) is 0.333. The summed E-state index contributed by atoms with van der Waals surface area (Å²) in [6.07, 6.45) is -3.81. The first-order valence-electron chi connectivity index (χ1n) is 8.22. The number of ether oxygens (including phenoxy) is 1. The maximum atomic E-state index is 12.6. The second kappa shape index (κ2) is 7.14. The molecule has 146 valence electrons. The number of alkyl halides is 3. The predicted octanol–water partition coefficient (Wildman–Crippen LogP) is 3.66. The van der Waals surface area contributed by atoms with E-state index in [4.69, 9.17) is 4.74 Å². The quantitative estimate of drug-likeness (QED) is 0.787. The average molecular weight is 400 g/mol. The number of fused-ring (bicyclic) bond motifs is 1. The van der Waals surface area contributed by atoms with Crippen LogP contribution in [-0.2, 0) is 29.4 Å². The van der Waals surface area contributed by atoms with Crippen LogP contribution in [0.5, 0.6) is 11.5 Å². The fourth-order valence-electron chi connectivity index (χ4n) is 2.85. The van der Waals surface area contributed by atoms with Crippen LogP contribution in [0.1, 0.15) is 16.7 Å². The van der Waals surface area contributed by atoms with Crippen LogP contribution in [0.25, 0.3) is 0 Å². The van der Waals surface area contributed by atoms with Crippen LogP contribution in [0, 0.1) is 0 Å². The lowest BCUT2D eigenvalue weighted by Crippen LogP contribution is -2.42. The summed E-state index contributed by atoms with van der Waals surface area (Å²) in [6, 6.07) is 9.74. The number of nitrogens with zero attached hydrogens (tertiary/aromatic N) is 2. The SMILES string of the molecule is CN(C)S(=O)(=O)N1CCc2ccc(Oc3ccc(C(F)(F)F)cc3)cc2C1. The molecule has 0 aromatic heterocycles. The van der Waals surface area contributed by atoms with Gasteiger partial charge in [-0.1, -0.05) is 6.07 Å². The smallest absolute Gasteiger partial charge is 0.416 e. The summed E-state index contributed by atoms with van der Waals surface area (Å²) >= 11 is 0. The Balaban J connectivity index is 1.78. The van der Waals surface area contributed by atoms with Crippen molar-refractivity contribution in [1.82, 2.24) is 8.61 Å². The number of hydrogen-bond acceptors (Lipinski definition) is 3. The Morgan fingerprint density at radius 3 is 2.22 bits per heavy atom. The van der Waals surface area contributed by atoms with Gasteiger partial charge in [-0.05, 0) is 53.9 Å². The highest BCUT2D eigenvalue weighted by molar-refractivity contribution is 7.86. The lowest BCUT2D eigenvalue weighted by atomic mass is 10.0. The fourth-order valence-corrected chi connectivity index (χ4v) is 3.93. The van der Waals surface area contributed by atoms with Gasteiger partial charge in [-0.15, -0.1) is 0 Å². The monoisotopic (exact) mass is 400 g/mol. The van der Waals surface area contributed by atoms with E-state index in [0.717, 1.165) is 23.3 Å². The molecule has 27 heavy (non-hydrogen) atoms. The van der Waals surface area contributed by atoms with E-state index in [0.29, 0.717) is 18.7 Å². The standard InChI is InChI=1S/C18H19F3N2O3S/c1-22(2)27(24,25)23-10-9-13-3-6-17(11-14(13)12-23)26-16-7-4-15(5-8-16)18(19,20)21/h3-8,11H,9-10,12H2,1-2H3. The highest BCUT2D eigenvalue weighted by Crippen LogP contribution is 2.32. The van der Waals surface area contributed by atoms with Crippen molar-refractivity contribution in [3.8, 4) is 11.5 Å². The van der Waals surface area contributed by atoms with Crippen LogP contribution in [0.4, 0.5) is 13.2 Å². The van der Waals surface area contributed by atoms with Crippen molar-refractivity contribution in [3.63, 3.8) is 0 Å². The van der Waals surface area contributed by atoms with Crippen molar-refractivity contribution in [2.75, 3.05) is 20.6 Å². The van der Waals surface area contributed by atoms with Gasteiger partial charge in [0.15, 0.2) is 0 Å². The van der Waals surface area contributed by atoms with E-state index < -0.39 is 21.9 Å². The van der Waals surface area contributed by atoms with Gasteiger partial charge in [0.1, 0.15) is 11.5 Å². The number of benzene rings is 2. The second-order valence-electron chi connectivity index (χ2n) is 6.43. The summed E-state index contributed by atoms with van der Waals surface area (Å²) in [5, 5.41) is 0. The number of hydrogen-bond donors (Lipinski definition) is 0. The molecule has 0 unspecified atom stereocenters. The molecule has 1 heterocycles. The minimum Gasteiger partial charge on any atom is -0.457 e. The van der Waals surface area contributed by atoms with Gasteiger partial charge in [-0.25, -0.2) is 0 Å². The third-order valence-electron chi connectivity index (χ3n) is 4.36. The summed E-state index contributed by atoms with van der Waals surface area (Å²) < 4.78 is 70.7. The summed E-state index contributed by atoms with van der Waals surface area (Å²) in [5.74, 6) is 0.717. The Kier molecular flexibility index (Phi) is 5.20. The third-order valence-corrected chi connectivity index (χ3v) is 6.25. The molecule has 0 aliphatic carbocycles. The van der Waals surface area contributed by atoms with E-state index in [1.165, 1.54) is 34.8 Å². The van der Waals surface area contributed by atoms with Gasteiger partial charge in [0.2, 0.25) is 0 Å². The van der Waals surface area contributed by atoms with E-state index in [-0.39, 0.29) is 12.3 Å². The normalized spacial score (nSPS) is 15.6. The predicted molar refractivity (Wildman–Crippen MR) is 94.7 cm³/mol. The molecule has 1 aliphatic rings. The lowest BCUT2D eigenvalue weighted by Gasteiger charge is -2.30. The zero-order chi connectivity index (χ0) is 19.8. The molecular formula is C18H19F3N2O3S. The van der Waals surface area contributed by atoms with Crippen molar-refractivity contribution >= 4 is 10.2 Å². The Morgan fingerprint density at radius 1 is 1.00 bits per heavy atom. The number of halogens is 3. The maximum Gasteiger partial charge on any atom is 0.416 e. The second-order valence-corrected chi connectivity index (χ2v) is 8.57. The van der Waals surface area contributed by atoms with E-state index in [2.05, 4.69) is 0 Å². The van der Waals surface area contributed by atoms with Crippen molar-refractivity contribution in [2.24, 2.45) is 0 Å². The molecule has 5 nitrogen and oxygen atoms in total. The van der Waals surface area contributed by atoms with E-state index in [9.17, 15) is 21.6 Å². The molecule has 0 saturated carbocycles. The Morgan fingerprint density at radius 2 is 1.63 bits per heavy atom. The van der Waals surface area contributed by atoms with Gasteiger partial charge in [0, 0.05) is 27.2 Å². The summed E-state index contributed by atoms with van der Waals surface area (Å²) in [6.45, 7) is 0.618. The van der Waals surface area contributed by atoms with E-state index in [1.807, 2.05) is 6.07 Å². The van der Waals surface area contributed by atoms with Crippen LogP contribution in [0.3, 0.4) is 0 Å². The Hall–Kier alpha value is -2.10. The first kappa shape index (κ1) is 19.7. The number of rotatable bonds is 4. The van der Waals surface area contributed by atoms with Crippen molar-refractivity contribution in [3.05, 3.63) is 59.2 Å². The Labute approximate surface area is 156 Å². The van der Waals surface area contributed by atoms with Crippen molar-refractivity contribution in [2.45, 2.75) is 19.1 Å². The molecule has 0 fully saturated rings. The molecule has 1 aliphatic heterocycles. The molecule has 0 radical (unpaired) electrons. The molecule has 0 spiro atoms. The van der Waals surface area contributed by atoms with Crippen LogP contribution >= 0.6 is 0 Å². The molecule has 2 aromatic carbocycles. The summed E-state index contributed by atoms with van der Waals surface area (Å²) in [4.78, 5) is 0. The molecule has 0 bridgehead atoms. The van der Waals surface area contributed by atoms with Gasteiger partial charge < -0.3 is 4.74 Å². The molecule has 0 amide bonds. The highest BCUT2D eigenvalue weighted by Gasteiger charge is 2.30. The minimum atomic E-state index is -4.40. The molecule has 9 heteroatoms. The molecule has 0 saturated heterocycles. The Bertz CT molecular complexity index is 926. The van der Waals surface area contributed by atoms with Gasteiger partial charge >= 0.3 is 6.18 Å². The van der Waals surface area contributed by atoms with E-state index in [1.54, 1.807) is 12.1 Å².